The van der Waals surface area contributed by atoms with Gasteiger partial charge < -0.3 is 14.4 Å². The minimum absolute atomic E-state index is 0.0508. The number of rotatable bonds is 9. The second-order valence-corrected chi connectivity index (χ2v) is 16.4. The molecule has 1 amide bonds. The Balaban J connectivity index is 1.71. The maximum Gasteiger partial charge on any atom is 0.256 e. The lowest BCUT2D eigenvalue weighted by atomic mass is 9.91. The number of ether oxygens (including phenoxy) is 2. The van der Waals surface area contributed by atoms with Crippen LogP contribution >= 0.6 is 15.9 Å². The van der Waals surface area contributed by atoms with Crippen LogP contribution in [-0.2, 0) is 9.47 Å². The third-order valence-corrected chi connectivity index (χ3v) is 8.32. The van der Waals surface area contributed by atoms with Crippen LogP contribution in [0.25, 0.3) is 0 Å². The zero-order valence-electron chi connectivity index (χ0n) is 18.0. The monoisotopic (exact) mass is 467 g/mol. The number of carbonyl (C=O) groups excluding carboxylic acids is 1. The molecular weight excluding hydrogens is 434 g/mol. The average molecular weight is 469 g/mol. The predicted octanol–water partition coefficient (Wildman–Crippen LogP) is 5.85. The Morgan fingerprint density at radius 2 is 1.96 bits per heavy atom. The Bertz CT molecular complexity index is 727. The molecule has 1 aromatic carbocycles. The highest BCUT2D eigenvalue weighted by Crippen LogP contribution is 2.48. The topological polar surface area (TPSA) is 38.8 Å². The van der Waals surface area contributed by atoms with E-state index in [1.165, 1.54) is 0 Å². The Hall–Kier alpha value is -0.693. The molecule has 1 saturated carbocycles. The number of halogens is 1. The van der Waals surface area contributed by atoms with Gasteiger partial charge in [0.25, 0.3) is 5.91 Å². The maximum absolute atomic E-state index is 13.3. The minimum Gasteiger partial charge on any atom is -0.356 e. The summed E-state index contributed by atoms with van der Waals surface area (Å²) in [4.78, 5) is 15.4. The van der Waals surface area contributed by atoms with E-state index in [0.29, 0.717) is 5.92 Å². The lowest BCUT2D eigenvalue weighted by molar-refractivity contribution is -0.155. The Morgan fingerprint density at radius 3 is 2.54 bits per heavy atom. The SMILES string of the molecule is C[C@@H]1c2cccc(Br)c2C(=O)N1[C@H](C1CC1)C(C)(C)OCOCC[Si](C)(C)C. The number of benzene rings is 1. The van der Waals surface area contributed by atoms with Crippen molar-refractivity contribution in [3.63, 3.8) is 0 Å². The van der Waals surface area contributed by atoms with Crippen LogP contribution in [0.5, 0.6) is 0 Å². The highest BCUT2D eigenvalue weighted by molar-refractivity contribution is 9.10. The molecular formula is C22H34BrNO3Si. The minimum atomic E-state index is -1.10. The number of carbonyl (C=O) groups is 1. The molecule has 0 radical (unpaired) electrons. The lowest BCUT2D eigenvalue weighted by Crippen LogP contribution is -2.53. The molecule has 156 valence electrons. The molecule has 0 spiro atoms. The first-order chi connectivity index (χ1) is 13.0. The molecule has 0 bridgehead atoms. The summed E-state index contributed by atoms with van der Waals surface area (Å²) in [6.45, 7) is 14.4. The van der Waals surface area contributed by atoms with E-state index < -0.39 is 13.7 Å². The summed E-state index contributed by atoms with van der Waals surface area (Å²) in [6, 6.07) is 7.27. The fourth-order valence-corrected chi connectivity index (χ4v) is 5.50. The van der Waals surface area contributed by atoms with Crippen molar-refractivity contribution in [2.24, 2.45) is 5.92 Å². The van der Waals surface area contributed by atoms with Crippen LogP contribution in [0.15, 0.2) is 22.7 Å². The van der Waals surface area contributed by atoms with Crippen LogP contribution in [0.4, 0.5) is 0 Å². The molecule has 0 saturated heterocycles. The molecule has 1 aliphatic carbocycles. The smallest absolute Gasteiger partial charge is 0.256 e. The lowest BCUT2D eigenvalue weighted by Gasteiger charge is -2.42. The van der Waals surface area contributed by atoms with Gasteiger partial charge in [0, 0.05) is 19.2 Å². The third kappa shape index (κ3) is 4.72. The highest BCUT2D eigenvalue weighted by Gasteiger charge is 2.51. The molecule has 1 aromatic rings. The molecule has 1 aliphatic heterocycles. The van der Waals surface area contributed by atoms with Gasteiger partial charge in [-0.3, -0.25) is 4.79 Å². The maximum atomic E-state index is 13.3. The van der Waals surface area contributed by atoms with Gasteiger partial charge in [-0.1, -0.05) is 31.8 Å². The number of nitrogens with zero attached hydrogens (tertiary/aromatic N) is 1. The molecule has 4 nitrogen and oxygen atoms in total. The molecule has 3 rings (SSSR count). The summed E-state index contributed by atoms with van der Waals surface area (Å²) in [5.74, 6) is 0.611. The van der Waals surface area contributed by atoms with Crippen molar-refractivity contribution in [3.8, 4) is 0 Å². The molecule has 28 heavy (non-hydrogen) atoms. The van der Waals surface area contributed by atoms with Crippen LogP contribution in [0.3, 0.4) is 0 Å². The van der Waals surface area contributed by atoms with Crippen molar-refractivity contribution >= 4 is 29.9 Å². The van der Waals surface area contributed by atoms with E-state index in [4.69, 9.17) is 9.47 Å². The average Bonchev–Trinajstić information content (AvgIpc) is 3.37. The molecule has 6 heteroatoms. The van der Waals surface area contributed by atoms with Crippen molar-refractivity contribution < 1.29 is 14.3 Å². The number of hydrogen-bond acceptors (Lipinski definition) is 3. The summed E-state index contributed by atoms with van der Waals surface area (Å²) in [7, 11) is -1.10. The van der Waals surface area contributed by atoms with Gasteiger partial charge in [0.05, 0.1) is 23.2 Å². The van der Waals surface area contributed by atoms with E-state index in [1.807, 2.05) is 12.1 Å². The largest absolute Gasteiger partial charge is 0.356 e. The van der Waals surface area contributed by atoms with E-state index in [0.717, 1.165) is 41.1 Å². The summed E-state index contributed by atoms with van der Waals surface area (Å²) in [5, 5.41) is 0. The quantitative estimate of drug-likeness (QED) is 0.259. The van der Waals surface area contributed by atoms with Crippen molar-refractivity contribution in [2.75, 3.05) is 13.4 Å². The fourth-order valence-electron chi connectivity index (χ4n) is 4.19. The summed E-state index contributed by atoms with van der Waals surface area (Å²) >= 11 is 3.57. The molecule has 0 unspecified atom stereocenters. The van der Waals surface area contributed by atoms with E-state index in [2.05, 4.69) is 67.3 Å². The van der Waals surface area contributed by atoms with E-state index in [-0.39, 0.29) is 24.8 Å². The fraction of sp³-hybridized carbons (Fsp3) is 0.682. The van der Waals surface area contributed by atoms with Crippen molar-refractivity contribution in [1.29, 1.82) is 0 Å². The van der Waals surface area contributed by atoms with Crippen molar-refractivity contribution in [3.05, 3.63) is 33.8 Å². The Morgan fingerprint density at radius 1 is 1.29 bits per heavy atom. The van der Waals surface area contributed by atoms with Crippen molar-refractivity contribution in [2.45, 2.75) is 77.0 Å². The molecule has 1 heterocycles. The number of fused-ring (bicyclic) bond motifs is 1. The second-order valence-electron chi connectivity index (χ2n) is 9.96. The standard InChI is InChI=1S/C22H34BrNO3Si/c1-15-17-8-7-9-18(23)19(17)21(25)24(15)20(16-10-11-16)22(2,3)27-14-26-12-13-28(4,5)6/h7-9,15-16,20H,10-14H2,1-6H3/t15-,20-/m1/s1. The van der Waals surface area contributed by atoms with Gasteiger partial charge in [-0.05, 0) is 73.1 Å². The molecule has 0 N–H and O–H groups in total. The van der Waals surface area contributed by atoms with E-state index >= 15 is 0 Å². The Labute approximate surface area is 179 Å². The van der Waals surface area contributed by atoms with Crippen LogP contribution in [-0.4, -0.2) is 43.9 Å². The van der Waals surface area contributed by atoms with Crippen molar-refractivity contribution in [1.82, 2.24) is 4.90 Å². The van der Waals surface area contributed by atoms with Gasteiger partial charge in [-0.2, -0.15) is 0 Å². The van der Waals surface area contributed by atoms with Gasteiger partial charge in [-0.25, -0.2) is 0 Å². The van der Waals surface area contributed by atoms with Crippen LogP contribution < -0.4 is 0 Å². The summed E-state index contributed by atoms with van der Waals surface area (Å²) in [6.07, 6.45) is 2.31. The zero-order chi connectivity index (χ0) is 20.7. The van der Waals surface area contributed by atoms with Gasteiger partial charge in [0.1, 0.15) is 6.79 Å². The predicted molar refractivity (Wildman–Crippen MR) is 119 cm³/mol. The first kappa shape index (κ1) is 22.0. The second kappa shape index (κ2) is 8.21. The third-order valence-electron chi connectivity index (χ3n) is 5.95. The molecule has 2 atom stereocenters. The van der Waals surface area contributed by atoms with E-state index in [9.17, 15) is 4.79 Å². The number of amides is 1. The summed E-state index contributed by atoms with van der Waals surface area (Å²) < 4.78 is 12.9. The first-order valence-electron chi connectivity index (χ1n) is 10.4. The van der Waals surface area contributed by atoms with Gasteiger partial charge >= 0.3 is 0 Å². The zero-order valence-corrected chi connectivity index (χ0v) is 20.6. The number of hydrogen-bond donors (Lipinski definition) is 0. The van der Waals surface area contributed by atoms with Gasteiger partial charge in [-0.15, -0.1) is 0 Å². The van der Waals surface area contributed by atoms with Gasteiger partial charge in [0.15, 0.2) is 0 Å². The first-order valence-corrected chi connectivity index (χ1v) is 14.9. The van der Waals surface area contributed by atoms with Crippen LogP contribution in [0.1, 0.15) is 55.6 Å². The molecule has 2 aliphatic rings. The molecule has 0 aromatic heterocycles. The summed E-state index contributed by atoms with van der Waals surface area (Å²) in [5.41, 5.74) is 1.45. The van der Waals surface area contributed by atoms with Crippen LogP contribution in [0, 0.1) is 5.92 Å². The van der Waals surface area contributed by atoms with Gasteiger partial charge in [0.2, 0.25) is 0 Å². The highest BCUT2D eigenvalue weighted by atomic mass is 79.9. The normalized spacial score (nSPS) is 21.2. The Kier molecular flexibility index (Phi) is 6.45. The van der Waals surface area contributed by atoms with Crippen LogP contribution in [0.2, 0.25) is 25.7 Å². The van der Waals surface area contributed by atoms with E-state index in [1.54, 1.807) is 0 Å². The molecule has 1 fully saturated rings.